The molecule has 2 saturated heterocycles. The maximum Gasteiger partial charge on any atom is 0.0985 e. The van der Waals surface area contributed by atoms with Crippen molar-refractivity contribution in [3.05, 3.63) is 0 Å². The van der Waals surface area contributed by atoms with Crippen LogP contribution in [-0.4, -0.2) is 43.9 Å². The Balaban J connectivity index is 1.81. The molecule has 2 fully saturated rings. The lowest BCUT2D eigenvalue weighted by Gasteiger charge is -2.39. The molecule has 2 rings (SSSR count). The molecule has 2 atom stereocenters. The molecule has 2 heterocycles. The highest BCUT2D eigenvalue weighted by Gasteiger charge is 2.38. The molecule has 2 aliphatic rings. The zero-order chi connectivity index (χ0) is 10.7. The Morgan fingerprint density at radius 3 is 3.00 bits per heavy atom. The van der Waals surface area contributed by atoms with Gasteiger partial charge in [-0.3, -0.25) is 0 Å². The first-order chi connectivity index (χ1) is 7.20. The van der Waals surface area contributed by atoms with E-state index in [1.54, 1.807) is 6.92 Å². The number of nitrogens with zero attached hydrogens (tertiary/aromatic N) is 1. The first kappa shape index (κ1) is 11.3. The van der Waals surface area contributed by atoms with E-state index in [0.717, 1.165) is 32.8 Å². The van der Waals surface area contributed by atoms with Crippen LogP contribution in [0, 0.1) is 5.41 Å². The molecule has 0 amide bonds. The van der Waals surface area contributed by atoms with Gasteiger partial charge >= 0.3 is 0 Å². The molecular formula is C12H22FNO. The molecule has 0 aromatic rings. The van der Waals surface area contributed by atoms with Crippen molar-refractivity contribution >= 4 is 0 Å². The first-order valence-corrected chi connectivity index (χ1v) is 6.14. The fraction of sp³-hybridized carbons (Fsp3) is 1.00. The average molecular weight is 215 g/mol. The van der Waals surface area contributed by atoms with Crippen LogP contribution in [0.4, 0.5) is 4.39 Å². The van der Waals surface area contributed by atoms with E-state index >= 15 is 0 Å². The van der Waals surface area contributed by atoms with Gasteiger partial charge in [0.05, 0.1) is 12.8 Å². The Morgan fingerprint density at radius 1 is 1.47 bits per heavy atom. The SMILES string of the molecule is C[C@H](F)CCN1CCC[C@]2(CCOC2)C1. The van der Waals surface area contributed by atoms with E-state index in [1.807, 2.05) is 0 Å². The highest BCUT2D eigenvalue weighted by atomic mass is 19.1. The maximum atomic E-state index is 12.8. The number of hydrogen-bond acceptors (Lipinski definition) is 2. The Morgan fingerprint density at radius 2 is 2.33 bits per heavy atom. The number of rotatable bonds is 3. The molecule has 0 unspecified atom stereocenters. The molecule has 0 radical (unpaired) electrons. The molecule has 2 nitrogen and oxygen atoms in total. The molecular weight excluding hydrogens is 193 g/mol. The van der Waals surface area contributed by atoms with Gasteiger partial charge in [0.15, 0.2) is 0 Å². The zero-order valence-electron chi connectivity index (χ0n) is 9.67. The summed E-state index contributed by atoms with van der Waals surface area (Å²) in [6, 6.07) is 0. The van der Waals surface area contributed by atoms with Crippen LogP contribution in [0.1, 0.15) is 32.6 Å². The van der Waals surface area contributed by atoms with E-state index in [4.69, 9.17) is 4.74 Å². The van der Waals surface area contributed by atoms with Crippen molar-refractivity contribution in [1.29, 1.82) is 0 Å². The van der Waals surface area contributed by atoms with Crippen LogP contribution in [0.3, 0.4) is 0 Å². The number of likely N-dealkylation sites (tertiary alicyclic amines) is 1. The van der Waals surface area contributed by atoms with Gasteiger partial charge in [0, 0.05) is 25.1 Å². The van der Waals surface area contributed by atoms with Crippen LogP contribution in [0.5, 0.6) is 0 Å². The summed E-state index contributed by atoms with van der Waals surface area (Å²) in [7, 11) is 0. The Kier molecular flexibility index (Phi) is 3.62. The normalized spacial score (nSPS) is 34.8. The van der Waals surface area contributed by atoms with Crippen LogP contribution in [-0.2, 0) is 4.74 Å². The zero-order valence-corrected chi connectivity index (χ0v) is 9.67. The summed E-state index contributed by atoms with van der Waals surface area (Å²) in [6.07, 6.45) is 3.77. The van der Waals surface area contributed by atoms with Crippen LogP contribution in [0.15, 0.2) is 0 Å². The van der Waals surface area contributed by atoms with Gasteiger partial charge in [-0.15, -0.1) is 0 Å². The van der Waals surface area contributed by atoms with Gasteiger partial charge in [0.25, 0.3) is 0 Å². The van der Waals surface area contributed by atoms with Crippen LogP contribution >= 0.6 is 0 Å². The number of alkyl halides is 1. The Hall–Kier alpha value is -0.150. The summed E-state index contributed by atoms with van der Waals surface area (Å²) >= 11 is 0. The van der Waals surface area contributed by atoms with E-state index in [1.165, 1.54) is 19.3 Å². The highest BCUT2D eigenvalue weighted by Crippen LogP contribution is 2.37. The van der Waals surface area contributed by atoms with Crippen molar-refractivity contribution in [3.63, 3.8) is 0 Å². The second-order valence-corrected chi connectivity index (χ2v) is 5.25. The van der Waals surface area contributed by atoms with Gasteiger partial charge in [-0.05, 0) is 39.2 Å². The van der Waals surface area contributed by atoms with Gasteiger partial charge in [-0.1, -0.05) is 0 Å². The molecule has 88 valence electrons. The molecule has 15 heavy (non-hydrogen) atoms. The standard InChI is InChI=1S/C12H22FNO/c1-11(13)3-7-14-6-2-4-12(9-14)5-8-15-10-12/h11H,2-10H2,1H3/t11-,12-/m0/s1. The van der Waals surface area contributed by atoms with E-state index in [9.17, 15) is 4.39 Å². The monoisotopic (exact) mass is 215 g/mol. The van der Waals surface area contributed by atoms with Crippen molar-refractivity contribution in [2.24, 2.45) is 5.41 Å². The van der Waals surface area contributed by atoms with Gasteiger partial charge in [-0.25, -0.2) is 4.39 Å². The van der Waals surface area contributed by atoms with Crippen molar-refractivity contribution in [3.8, 4) is 0 Å². The van der Waals surface area contributed by atoms with Crippen molar-refractivity contribution in [2.75, 3.05) is 32.8 Å². The molecule has 0 saturated carbocycles. The fourth-order valence-electron chi connectivity index (χ4n) is 2.83. The summed E-state index contributed by atoms with van der Waals surface area (Å²) < 4.78 is 18.3. The lowest BCUT2D eigenvalue weighted by atomic mass is 9.79. The van der Waals surface area contributed by atoms with Gasteiger partial charge in [0.2, 0.25) is 0 Å². The van der Waals surface area contributed by atoms with Crippen molar-refractivity contribution in [1.82, 2.24) is 4.90 Å². The minimum absolute atomic E-state index is 0.414. The van der Waals surface area contributed by atoms with E-state index in [-0.39, 0.29) is 0 Å². The third-order valence-corrected chi connectivity index (χ3v) is 3.77. The first-order valence-electron chi connectivity index (χ1n) is 6.14. The minimum atomic E-state index is -0.664. The highest BCUT2D eigenvalue weighted by molar-refractivity contribution is 4.89. The van der Waals surface area contributed by atoms with Crippen molar-refractivity contribution in [2.45, 2.75) is 38.8 Å². The number of ether oxygens (including phenoxy) is 1. The second-order valence-electron chi connectivity index (χ2n) is 5.25. The number of halogens is 1. The molecule has 0 aromatic heterocycles. The quantitative estimate of drug-likeness (QED) is 0.716. The molecule has 0 aromatic carbocycles. The maximum absolute atomic E-state index is 12.8. The van der Waals surface area contributed by atoms with Gasteiger partial charge in [-0.2, -0.15) is 0 Å². The van der Waals surface area contributed by atoms with Gasteiger partial charge in [0.1, 0.15) is 0 Å². The van der Waals surface area contributed by atoms with Crippen molar-refractivity contribution < 1.29 is 9.13 Å². The Bertz CT molecular complexity index is 202. The lowest BCUT2D eigenvalue weighted by Crippen LogP contribution is -2.44. The summed E-state index contributed by atoms with van der Waals surface area (Å²) in [4.78, 5) is 2.42. The largest absolute Gasteiger partial charge is 0.381 e. The predicted octanol–water partition coefficient (Wildman–Crippen LogP) is 2.24. The number of hydrogen-bond donors (Lipinski definition) is 0. The summed E-state index contributed by atoms with van der Waals surface area (Å²) in [5.74, 6) is 0. The topological polar surface area (TPSA) is 12.5 Å². The average Bonchev–Trinajstić information content (AvgIpc) is 2.63. The van der Waals surface area contributed by atoms with Crippen LogP contribution < -0.4 is 0 Å². The van der Waals surface area contributed by atoms with E-state index in [0.29, 0.717) is 11.8 Å². The van der Waals surface area contributed by atoms with Gasteiger partial charge < -0.3 is 9.64 Å². The minimum Gasteiger partial charge on any atom is -0.381 e. The van der Waals surface area contributed by atoms with Crippen LogP contribution in [0.2, 0.25) is 0 Å². The Labute approximate surface area is 91.8 Å². The third kappa shape index (κ3) is 2.91. The summed E-state index contributed by atoms with van der Waals surface area (Å²) in [6.45, 7) is 6.69. The molecule has 0 bridgehead atoms. The van der Waals surface area contributed by atoms with Crippen LogP contribution in [0.25, 0.3) is 0 Å². The smallest absolute Gasteiger partial charge is 0.0985 e. The summed E-state index contributed by atoms with van der Waals surface area (Å²) in [5, 5.41) is 0. The molecule has 0 N–H and O–H groups in total. The predicted molar refractivity (Wildman–Crippen MR) is 58.7 cm³/mol. The molecule has 0 aliphatic carbocycles. The van der Waals surface area contributed by atoms with E-state index in [2.05, 4.69) is 4.90 Å². The third-order valence-electron chi connectivity index (χ3n) is 3.77. The fourth-order valence-corrected chi connectivity index (χ4v) is 2.83. The van der Waals surface area contributed by atoms with E-state index < -0.39 is 6.17 Å². The molecule has 2 aliphatic heterocycles. The number of piperidine rings is 1. The second kappa shape index (κ2) is 4.79. The lowest BCUT2D eigenvalue weighted by molar-refractivity contribution is 0.0644. The molecule has 3 heteroatoms. The summed E-state index contributed by atoms with van der Waals surface area (Å²) in [5.41, 5.74) is 0.414. The molecule has 1 spiro atoms.